The summed E-state index contributed by atoms with van der Waals surface area (Å²) in [6, 6.07) is 16.1. The fourth-order valence-electron chi connectivity index (χ4n) is 4.14. The molecule has 25 heavy (non-hydrogen) atoms. The van der Waals surface area contributed by atoms with Gasteiger partial charge in [0.2, 0.25) is 0 Å². The van der Waals surface area contributed by atoms with Gasteiger partial charge in [-0.05, 0) is 55.6 Å². The van der Waals surface area contributed by atoms with Gasteiger partial charge in [-0.15, -0.1) is 0 Å². The van der Waals surface area contributed by atoms with Gasteiger partial charge in [0.05, 0.1) is 0 Å². The van der Waals surface area contributed by atoms with Gasteiger partial charge in [-0.25, -0.2) is 0 Å². The Morgan fingerprint density at radius 1 is 1.00 bits per heavy atom. The van der Waals surface area contributed by atoms with Gasteiger partial charge in [0, 0.05) is 42.7 Å². The summed E-state index contributed by atoms with van der Waals surface area (Å²) in [6.45, 7) is 7.72. The maximum Gasteiger partial charge on any atom is 0.0486 e. The second-order valence-electron chi connectivity index (χ2n) is 7.51. The van der Waals surface area contributed by atoms with E-state index >= 15 is 0 Å². The summed E-state index contributed by atoms with van der Waals surface area (Å²) >= 11 is 0. The van der Waals surface area contributed by atoms with Crippen molar-refractivity contribution >= 4 is 10.9 Å². The number of aryl methyl sites for hydroxylation is 4. The van der Waals surface area contributed by atoms with Crippen LogP contribution in [-0.2, 0) is 32.4 Å². The molecule has 2 heteroatoms. The highest BCUT2D eigenvalue weighted by atomic mass is 15.1. The number of aromatic nitrogens is 1. The maximum absolute atomic E-state index is 2.59. The first-order valence-corrected chi connectivity index (χ1v) is 9.52. The standard InChI is InChI=1S/C23H28N2/c1-4-18-6-8-19(9-7-18)11-14-25-22-10-5-17(2)15-20(22)21-16-24(3)13-12-23(21)25/h5-10,15H,4,11-14,16H2,1-3H3. The number of benzene rings is 2. The van der Waals surface area contributed by atoms with E-state index in [1.807, 2.05) is 0 Å². The molecule has 1 aromatic heterocycles. The zero-order valence-electron chi connectivity index (χ0n) is 15.7. The summed E-state index contributed by atoms with van der Waals surface area (Å²) in [7, 11) is 2.23. The molecule has 2 nitrogen and oxygen atoms in total. The second-order valence-corrected chi connectivity index (χ2v) is 7.51. The third-order valence-electron chi connectivity index (χ3n) is 5.66. The number of rotatable bonds is 4. The molecule has 0 saturated carbocycles. The molecule has 0 saturated heterocycles. The van der Waals surface area contributed by atoms with Crippen LogP contribution in [0, 0.1) is 6.92 Å². The first-order chi connectivity index (χ1) is 12.2. The minimum Gasteiger partial charge on any atom is -0.344 e. The summed E-state index contributed by atoms with van der Waals surface area (Å²) < 4.78 is 2.59. The van der Waals surface area contributed by atoms with Crippen LogP contribution in [0.2, 0.25) is 0 Å². The SMILES string of the molecule is CCc1ccc(CCn2c3c(c4cc(C)ccc42)CN(C)CC3)cc1. The minimum absolute atomic E-state index is 1.07. The van der Waals surface area contributed by atoms with Crippen LogP contribution in [0.3, 0.4) is 0 Å². The number of nitrogens with zero attached hydrogens (tertiary/aromatic N) is 2. The Labute approximate surface area is 151 Å². The van der Waals surface area contributed by atoms with Gasteiger partial charge >= 0.3 is 0 Å². The smallest absolute Gasteiger partial charge is 0.0486 e. The van der Waals surface area contributed by atoms with E-state index in [2.05, 4.69) is 72.8 Å². The minimum atomic E-state index is 1.07. The predicted octanol–water partition coefficient (Wildman–Crippen LogP) is 4.74. The average molecular weight is 332 g/mol. The van der Waals surface area contributed by atoms with Crippen molar-refractivity contribution in [1.82, 2.24) is 9.47 Å². The van der Waals surface area contributed by atoms with Crippen LogP contribution in [0.4, 0.5) is 0 Å². The van der Waals surface area contributed by atoms with Crippen molar-refractivity contribution in [1.29, 1.82) is 0 Å². The molecule has 0 spiro atoms. The van der Waals surface area contributed by atoms with Crippen LogP contribution in [0.25, 0.3) is 10.9 Å². The molecule has 1 aliphatic rings. The van der Waals surface area contributed by atoms with Gasteiger partial charge in [0.1, 0.15) is 0 Å². The Hall–Kier alpha value is -2.06. The fourth-order valence-corrected chi connectivity index (χ4v) is 4.14. The van der Waals surface area contributed by atoms with Crippen molar-refractivity contribution < 1.29 is 0 Å². The van der Waals surface area contributed by atoms with E-state index in [0.717, 1.165) is 38.9 Å². The number of fused-ring (bicyclic) bond motifs is 3. The lowest BCUT2D eigenvalue weighted by Crippen LogP contribution is -2.27. The van der Waals surface area contributed by atoms with Crippen molar-refractivity contribution in [2.24, 2.45) is 0 Å². The van der Waals surface area contributed by atoms with Crippen LogP contribution in [0.15, 0.2) is 42.5 Å². The molecular weight excluding hydrogens is 304 g/mol. The van der Waals surface area contributed by atoms with Crippen molar-refractivity contribution in [3.05, 3.63) is 70.4 Å². The van der Waals surface area contributed by atoms with Gasteiger partial charge in [-0.3, -0.25) is 0 Å². The quantitative estimate of drug-likeness (QED) is 0.670. The van der Waals surface area contributed by atoms with E-state index < -0.39 is 0 Å². The third kappa shape index (κ3) is 3.11. The molecule has 0 atom stereocenters. The molecule has 1 aliphatic heterocycles. The Bertz CT molecular complexity index is 887. The van der Waals surface area contributed by atoms with E-state index in [1.165, 1.54) is 27.6 Å². The maximum atomic E-state index is 2.59. The highest BCUT2D eigenvalue weighted by Gasteiger charge is 2.22. The second kappa shape index (κ2) is 6.68. The van der Waals surface area contributed by atoms with Gasteiger partial charge in [0.15, 0.2) is 0 Å². The molecule has 0 unspecified atom stereocenters. The molecule has 0 radical (unpaired) electrons. The third-order valence-corrected chi connectivity index (χ3v) is 5.66. The molecule has 3 aromatic rings. The van der Waals surface area contributed by atoms with Gasteiger partial charge in [-0.2, -0.15) is 0 Å². The zero-order valence-corrected chi connectivity index (χ0v) is 15.7. The molecule has 0 N–H and O–H groups in total. The Kier molecular flexibility index (Phi) is 4.39. The lowest BCUT2D eigenvalue weighted by Gasteiger charge is -2.24. The molecule has 130 valence electrons. The van der Waals surface area contributed by atoms with Crippen molar-refractivity contribution in [2.75, 3.05) is 13.6 Å². The van der Waals surface area contributed by atoms with E-state index in [9.17, 15) is 0 Å². The molecule has 0 fully saturated rings. The molecule has 0 aliphatic carbocycles. The summed E-state index contributed by atoms with van der Waals surface area (Å²) in [5.74, 6) is 0. The summed E-state index contributed by atoms with van der Waals surface area (Å²) in [4.78, 5) is 2.44. The molecule has 4 rings (SSSR count). The molecule has 0 amide bonds. The van der Waals surface area contributed by atoms with E-state index in [0.29, 0.717) is 0 Å². The highest BCUT2D eigenvalue weighted by molar-refractivity contribution is 5.86. The summed E-state index contributed by atoms with van der Waals surface area (Å²) in [5.41, 5.74) is 8.74. The summed E-state index contributed by atoms with van der Waals surface area (Å²) in [5, 5.41) is 1.46. The predicted molar refractivity (Wildman–Crippen MR) is 106 cm³/mol. The normalized spacial score (nSPS) is 14.8. The monoisotopic (exact) mass is 332 g/mol. The number of hydrogen-bond donors (Lipinski definition) is 0. The lowest BCUT2D eigenvalue weighted by atomic mass is 10.0. The zero-order chi connectivity index (χ0) is 17.4. The largest absolute Gasteiger partial charge is 0.344 e. The highest BCUT2D eigenvalue weighted by Crippen LogP contribution is 2.31. The topological polar surface area (TPSA) is 8.17 Å². The van der Waals surface area contributed by atoms with Crippen molar-refractivity contribution in [3.8, 4) is 0 Å². The molecule has 2 aromatic carbocycles. The lowest BCUT2D eigenvalue weighted by molar-refractivity contribution is 0.309. The van der Waals surface area contributed by atoms with Gasteiger partial charge < -0.3 is 9.47 Å². The van der Waals surface area contributed by atoms with Gasteiger partial charge in [0.25, 0.3) is 0 Å². The van der Waals surface area contributed by atoms with E-state index in [-0.39, 0.29) is 0 Å². The van der Waals surface area contributed by atoms with Crippen LogP contribution in [0.5, 0.6) is 0 Å². The van der Waals surface area contributed by atoms with Crippen molar-refractivity contribution in [3.63, 3.8) is 0 Å². The Morgan fingerprint density at radius 3 is 2.52 bits per heavy atom. The van der Waals surface area contributed by atoms with E-state index in [1.54, 1.807) is 11.3 Å². The fraction of sp³-hybridized carbons (Fsp3) is 0.391. The molecule has 2 heterocycles. The van der Waals surface area contributed by atoms with Crippen LogP contribution in [0.1, 0.15) is 34.9 Å². The van der Waals surface area contributed by atoms with Crippen LogP contribution < -0.4 is 0 Å². The molecule has 0 bridgehead atoms. The van der Waals surface area contributed by atoms with Crippen molar-refractivity contribution in [2.45, 2.75) is 46.2 Å². The Balaban J connectivity index is 1.68. The summed E-state index contributed by atoms with van der Waals surface area (Å²) in [6.07, 6.45) is 3.38. The molecular formula is C23H28N2. The Morgan fingerprint density at radius 2 is 1.76 bits per heavy atom. The van der Waals surface area contributed by atoms with Crippen LogP contribution >= 0.6 is 0 Å². The number of hydrogen-bond acceptors (Lipinski definition) is 1. The average Bonchev–Trinajstić information content (AvgIpc) is 2.92. The first-order valence-electron chi connectivity index (χ1n) is 9.52. The van der Waals surface area contributed by atoms with Crippen LogP contribution in [-0.4, -0.2) is 23.1 Å². The van der Waals surface area contributed by atoms with Gasteiger partial charge in [-0.1, -0.05) is 42.8 Å². The number of likely N-dealkylation sites (N-methyl/N-ethyl adjacent to an activating group) is 1. The van der Waals surface area contributed by atoms with E-state index in [4.69, 9.17) is 0 Å². The first kappa shape index (κ1) is 16.4.